The molecule has 0 radical (unpaired) electrons. The predicted octanol–water partition coefficient (Wildman–Crippen LogP) is 0.827. The van der Waals surface area contributed by atoms with Crippen molar-refractivity contribution in [2.75, 3.05) is 0 Å². The van der Waals surface area contributed by atoms with Crippen molar-refractivity contribution in [1.29, 1.82) is 0 Å². The molecule has 0 atom stereocenters. The summed E-state index contributed by atoms with van der Waals surface area (Å²) in [7, 11) is 3.41. The molecule has 0 aliphatic rings. The summed E-state index contributed by atoms with van der Waals surface area (Å²) in [5.74, 6) is -0.985. The Hall–Kier alpha value is -2.11. The molecule has 0 saturated carbocycles. The van der Waals surface area contributed by atoms with Crippen LogP contribution in [0.1, 0.15) is 16.1 Å². The minimum absolute atomic E-state index is 0.163. The van der Waals surface area contributed by atoms with Gasteiger partial charge in [0, 0.05) is 20.2 Å². The van der Waals surface area contributed by atoms with Crippen LogP contribution in [0.2, 0.25) is 0 Å². The van der Waals surface area contributed by atoms with E-state index in [4.69, 9.17) is 5.11 Å². The molecule has 0 aromatic carbocycles. The van der Waals surface area contributed by atoms with Gasteiger partial charge in [-0.3, -0.25) is 9.36 Å². The molecule has 2 aromatic heterocycles. The smallest absolute Gasteiger partial charge is 0.354 e. The summed E-state index contributed by atoms with van der Waals surface area (Å²) in [5, 5.41) is 17.2. The van der Waals surface area contributed by atoms with Gasteiger partial charge in [-0.2, -0.15) is 10.2 Å². The molecule has 6 nitrogen and oxygen atoms in total. The zero-order valence-corrected chi connectivity index (χ0v) is 9.30. The van der Waals surface area contributed by atoms with Gasteiger partial charge in [0.2, 0.25) is 0 Å². The minimum Gasteiger partial charge on any atom is -0.477 e. The molecule has 0 aliphatic carbocycles. The predicted molar refractivity (Wildman–Crippen MR) is 57.1 cm³/mol. The topological polar surface area (TPSA) is 72.9 Å². The number of hydrogen-bond acceptors (Lipinski definition) is 3. The van der Waals surface area contributed by atoms with Crippen molar-refractivity contribution in [3.05, 3.63) is 23.5 Å². The Morgan fingerprint density at radius 3 is 2.50 bits per heavy atom. The third kappa shape index (κ3) is 1.48. The fourth-order valence-corrected chi connectivity index (χ4v) is 1.70. The van der Waals surface area contributed by atoms with Crippen LogP contribution in [0, 0.1) is 6.92 Å². The van der Waals surface area contributed by atoms with E-state index in [2.05, 4.69) is 10.2 Å². The number of carboxylic acids is 1. The highest BCUT2D eigenvalue weighted by molar-refractivity contribution is 5.87. The maximum atomic E-state index is 10.9. The van der Waals surface area contributed by atoms with Crippen LogP contribution >= 0.6 is 0 Å². The van der Waals surface area contributed by atoms with Crippen molar-refractivity contribution in [2.45, 2.75) is 6.92 Å². The fraction of sp³-hybridized carbons (Fsp3) is 0.300. The second-order valence-electron chi connectivity index (χ2n) is 3.64. The SMILES string of the molecule is Cc1cnn(C)c1-c1cc(C(=O)O)n(C)n1. The lowest BCUT2D eigenvalue weighted by Gasteiger charge is -1.98. The summed E-state index contributed by atoms with van der Waals surface area (Å²) in [6.45, 7) is 1.91. The third-order valence-corrected chi connectivity index (χ3v) is 2.46. The first-order valence-electron chi connectivity index (χ1n) is 4.77. The van der Waals surface area contributed by atoms with Crippen LogP contribution in [0.25, 0.3) is 11.4 Å². The summed E-state index contributed by atoms with van der Waals surface area (Å²) < 4.78 is 3.04. The molecule has 0 bridgehead atoms. The molecule has 16 heavy (non-hydrogen) atoms. The largest absolute Gasteiger partial charge is 0.477 e. The summed E-state index contributed by atoms with van der Waals surface area (Å²) in [4.78, 5) is 10.9. The van der Waals surface area contributed by atoms with Gasteiger partial charge in [0.05, 0.1) is 11.9 Å². The number of carbonyl (C=O) groups is 1. The monoisotopic (exact) mass is 220 g/mol. The van der Waals surface area contributed by atoms with Crippen LogP contribution in [0.4, 0.5) is 0 Å². The Balaban J connectivity index is 2.58. The maximum absolute atomic E-state index is 10.9. The number of rotatable bonds is 2. The lowest BCUT2D eigenvalue weighted by atomic mass is 10.2. The molecule has 0 aliphatic heterocycles. The maximum Gasteiger partial charge on any atom is 0.354 e. The van der Waals surface area contributed by atoms with Crippen molar-refractivity contribution in [2.24, 2.45) is 14.1 Å². The minimum atomic E-state index is -0.985. The number of aromatic nitrogens is 4. The van der Waals surface area contributed by atoms with Crippen LogP contribution < -0.4 is 0 Å². The first-order valence-corrected chi connectivity index (χ1v) is 4.77. The van der Waals surface area contributed by atoms with E-state index in [9.17, 15) is 4.79 Å². The van der Waals surface area contributed by atoms with E-state index in [0.29, 0.717) is 5.69 Å². The van der Waals surface area contributed by atoms with Crippen LogP contribution in [-0.2, 0) is 14.1 Å². The molecular formula is C10H12N4O2. The number of nitrogens with zero attached hydrogens (tertiary/aromatic N) is 4. The molecule has 0 saturated heterocycles. The molecule has 0 unspecified atom stereocenters. The third-order valence-electron chi connectivity index (χ3n) is 2.46. The van der Waals surface area contributed by atoms with E-state index in [-0.39, 0.29) is 5.69 Å². The first-order chi connectivity index (χ1) is 7.50. The van der Waals surface area contributed by atoms with Crippen LogP contribution in [-0.4, -0.2) is 30.6 Å². The van der Waals surface area contributed by atoms with Crippen LogP contribution in [0.15, 0.2) is 12.3 Å². The van der Waals surface area contributed by atoms with E-state index in [0.717, 1.165) is 11.3 Å². The summed E-state index contributed by atoms with van der Waals surface area (Å²) in [6, 6.07) is 1.55. The molecule has 1 N–H and O–H groups in total. The number of hydrogen-bond donors (Lipinski definition) is 1. The van der Waals surface area contributed by atoms with Gasteiger partial charge in [0.25, 0.3) is 0 Å². The van der Waals surface area contributed by atoms with Crippen molar-refractivity contribution in [3.63, 3.8) is 0 Å². The normalized spacial score (nSPS) is 10.7. The highest BCUT2D eigenvalue weighted by atomic mass is 16.4. The standard InChI is InChI=1S/C10H12N4O2/c1-6-5-11-14(3)9(6)7-4-8(10(15)16)13(2)12-7/h4-5H,1-3H3,(H,15,16). The van der Waals surface area contributed by atoms with E-state index in [1.807, 2.05) is 6.92 Å². The van der Waals surface area contributed by atoms with Gasteiger partial charge in [-0.15, -0.1) is 0 Å². The lowest BCUT2D eigenvalue weighted by Crippen LogP contribution is -2.04. The van der Waals surface area contributed by atoms with Gasteiger partial charge in [-0.25, -0.2) is 4.79 Å². The van der Waals surface area contributed by atoms with Gasteiger partial charge in [-0.1, -0.05) is 0 Å². The fourth-order valence-electron chi connectivity index (χ4n) is 1.70. The molecule has 0 amide bonds. The van der Waals surface area contributed by atoms with Gasteiger partial charge in [0.1, 0.15) is 11.4 Å². The lowest BCUT2D eigenvalue weighted by molar-refractivity contribution is 0.0685. The highest BCUT2D eigenvalue weighted by Gasteiger charge is 2.16. The average Bonchev–Trinajstić information content (AvgIpc) is 2.70. The van der Waals surface area contributed by atoms with Crippen molar-refractivity contribution in [1.82, 2.24) is 19.6 Å². The van der Waals surface area contributed by atoms with Gasteiger partial charge < -0.3 is 5.11 Å². The first kappa shape index (κ1) is 10.4. The Labute approximate surface area is 92.1 Å². The van der Waals surface area contributed by atoms with Gasteiger partial charge in [0.15, 0.2) is 0 Å². The second kappa shape index (κ2) is 3.48. The molecular weight excluding hydrogens is 208 g/mol. The van der Waals surface area contributed by atoms with E-state index < -0.39 is 5.97 Å². The van der Waals surface area contributed by atoms with E-state index in [1.54, 1.807) is 31.0 Å². The van der Waals surface area contributed by atoms with Crippen LogP contribution in [0.5, 0.6) is 0 Å². The molecule has 2 rings (SSSR count). The number of aromatic carboxylic acids is 1. The Morgan fingerprint density at radius 2 is 2.06 bits per heavy atom. The highest BCUT2D eigenvalue weighted by Crippen LogP contribution is 2.21. The van der Waals surface area contributed by atoms with Crippen molar-refractivity contribution < 1.29 is 9.90 Å². The molecule has 84 valence electrons. The van der Waals surface area contributed by atoms with Crippen molar-refractivity contribution >= 4 is 5.97 Å². The quantitative estimate of drug-likeness (QED) is 0.813. The molecule has 2 heterocycles. The second-order valence-corrected chi connectivity index (χ2v) is 3.64. The average molecular weight is 220 g/mol. The molecule has 0 spiro atoms. The number of aryl methyl sites for hydroxylation is 3. The molecule has 0 fully saturated rings. The molecule has 2 aromatic rings. The van der Waals surface area contributed by atoms with Gasteiger partial charge in [-0.05, 0) is 12.5 Å². The zero-order chi connectivity index (χ0) is 11.9. The van der Waals surface area contributed by atoms with E-state index in [1.165, 1.54) is 4.68 Å². The zero-order valence-electron chi connectivity index (χ0n) is 9.30. The van der Waals surface area contributed by atoms with E-state index >= 15 is 0 Å². The van der Waals surface area contributed by atoms with Crippen molar-refractivity contribution in [3.8, 4) is 11.4 Å². The Bertz CT molecular complexity index is 534. The van der Waals surface area contributed by atoms with Crippen LogP contribution in [0.3, 0.4) is 0 Å². The number of carboxylic acid groups (broad SMARTS) is 1. The molecule has 6 heteroatoms. The van der Waals surface area contributed by atoms with Gasteiger partial charge >= 0.3 is 5.97 Å². The Morgan fingerprint density at radius 1 is 1.38 bits per heavy atom. The Kier molecular flexibility index (Phi) is 2.26. The summed E-state index contributed by atoms with van der Waals surface area (Å²) in [6.07, 6.45) is 1.73. The summed E-state index contributed by atoms with van der Waals surface area (Å²) in [5.41, 5.74) is 2.59. The summed E-state index contributed by atoms with van der Waals surface area (Å²) >= 11 is 0.